The van der Waals surface area contributed by atoms with E-state index in [1.165, 1.54) is 12.1 Å². The van der Waals surface area contributed by atoms with Crippen LogP contribution in [0.2, 0.25) is 0 Å². The molecule has 3 rings (SSSR count). The van der Waals surface area contributed by atoms with Gasteiger partial charge in [-0.05, 0) is 31.0 Å². The van der Waals surface area contributed by atoms with E-state index in [0.717, 1.165) is 24.2 Å². The van der Waals surface area contributed by atoms with Gasteiger partial charge in [0.25, 0.3) is 0 Å². The molecular weight excluding hydrogens is 441 g/mol. The second kappa shape index (κ2) is 8.14. The maximum absolute atomic E-state index is 13.2. The highest BCUT2D eigenvalue weighted by molar-refractivity contribution is 9.09. The summed E-state index contributed by atoms with van der Waals surface area (Å²) < 4.78 is 49.7. The van der Waals surface area contributed by atoms with Gasteiger partial charge in [0.05, 0.1) is 12.8 Å². The summed E-state index contributed by atoms with van der Waals surface area (Å²) in [5.74, 6) is -1.19. The normalized spacial score (nSPS) is 17.9. The summed E-state index contributed by atoms with van der Waals surface area (Å²) in [6.45, 7) is 2.31. The van der Waals surface area contributed by atoms with Crippen molar-refractivity contribution in [3.05, 3.63) is 29.5 Å². The number of fused-ring (bicyclic) bond motifs is 1. The Labute approximate surface area is 168 Å². The van der Waals surface area contributed by atoms with E-state index in [4.69, 9.17) is 9.15 Å². The maximum atomic E-state index is 13.2. The largest absolute Gasteiger partial charge is 0.493 e. The number of methoxy groups -OCH3 is 1. The fraction of sp³-hybridized carbons (Fsp3) is 0.474. The second-order valence-corrected chi connectivity index (χ2v) is 7.46. The number of hydrazone groups is 1. The van der Waals surface area contributed by atoms with Gasteiger partial charge in [-0.1, -0.05) is 22.9 Å². The summed E-state index contributed by atoms with van der Waals surface area (Å²) >= 11 is 3.35. The number of ether oxygens (including phenoxy) is 1. The van der Waals surface area contributed by atoms with Crippen molar-refractivity contribution >= 4 is 38.5 Å². The lowest BCUT2D eigenvalue weighted by atomic mass is 9.91. The molecule has 0 saturated carbocycles. The zero-order chi connectivity index (χ0) is 20.5. The van der Waals surface area contributed by atoms with E-state index in [-0.39, 0.29) is 35.0 Å². The van der Waals surface area contributed by atoms with Gasteiger partial charge in [0, 0.05) is 35.2 Å². The van der Waals surface area contributed by atoms with Crippen LogP contribution >= 0.6 is 15.9 Å². The van der Waals surface area contributed by atoms with Gasteiger partial charge in [0.2, 0.25) is 11.7 Å². The molecule has 2 aromatic rings. The van der Waals surface area contributed by atoms with E-state index in [9.17, 15) is 18.0 Å². The molecule has 0 radical (unpaired) electrons. The lowest BCUT2D eigenvalue weighted by Crippen LogP contribution is -2.36. The zero-order valence-electron chi connectivity index (χ0n) is 15.5. The van der Waals surface area contributed by atoms with Crippen LogP contribution in [0.15, 0.2) is 27.7 Å². The predicted octanol–water partition coefficient (Wildman–Crippen LogP) is 5.21. The second-order valence-electron chi connectivity index (χ2n) is 6.67. The smallest absolute Gasteiger partial charge is 0.449 e. The van der Waals surface area contributed by atoms with Crippen LogP contribution in [-0.4, -0.2) is 35.6 Å². The maximum Gasteiger partial charge on any atom is 0.449 e. The van der Waals surface area contributed by atoms with Crippen LogP contribution in [0.5, 0.6) is 5.75 Å². The third-order valence-electron chi connectivity index (χ3n) is 4.64. The van der Waals surface area contributed by atoms with Crippen LogP contribution < -0.4 is 4.74 Å². The fourth-order valence-corrected chi connectivity index (χ4v) is 3.62. The highest BCUT2D eigenvalue weighted by Gasteiger charge is 2.37. The Balaban J connectivity index is 2.09. The standard InChI is InChI=1S/C19H20BrF3N2O3/c1-11-9-16(26)25(8-4-3-7-20)24-17(11)12-5-6-14(27-2)18-13(12)10-15(28-18)19(21,22)23/h5-6,10-11H,3-4,7-9H2,1-2H3. The first-order chi connectivity index (χ1) is 13.3. The van der Waals surface area contributed by atoms with Gasteiger partial charge < -0.3 is 9.15 Å². The van der Waals surface area contributed by atoms with Crippen molar-refractivity contribution in [2.45, 2.75) is 32.4 Å². The summed E-state index contributed by atoms with van der Waals surface area (Å²) in [4.78, 5) is 12.3. The highest BCUT2D eigenvalue weighted by atomic mass is 79.9. The molecule has 0 fully saturated rings. The Morgan fingerprint density at radius 3 is 2.75 bits per heavy atom. The molecule has 1 aliphatic heterocycles. The average Bonchev–Trinajstić information content (AvgIpc) is 3.09. The summed E-state index contributed by atoms with van der Waals surface area (Å²) in [5, 5.41) is 7.00. The highest BCUT2D eigenvalue weighted by Crippen LogP contribution is 2.39. The number of halogens is 4. The molecule has 5 nitrogen and oxygen atoms in total. The number of amides is 1. The van der Waals surface area contributed by atoms with Gasteiger partial charge in [-0.2, -0.15) is 18.3 Å². The number of furan rings is 1. The Kier molecular flexibility index (Phi) is 6.02. The van der Waals surface area contributed by atoms with Crippen LogP contribution in [0.3, 0.4) is 0 Å². The Hall–Kier alpha value is -2.03. The number of carbonyl (C=O) groups is 1. The molecule has 1 unspecified atom stereocenters. The van der Waals surface area contributed by atoms with E-state index in [1.807, 2.05) is 6.92 Å². The van der Waals surface area contributed by atoms with Crippen LogP contribution in [0.1, 0.15) is 37.5 Å². The van der Waals surface area contributed by atoms with E-state index in [2.05, 4.69) is 21.0 Å². The molecular formula is C19H20BrF3N2O3. The topological polar surface area (TPSA) is 55.0 Å². The molecule has 1 amide bonds. The third-order valence-corrected chi connectivity index (χ3v) is 5.20. The minimum Gasteiger partial charge on any atom is -0.493 e. The number of hydrogen-bond donors (Lipinski definition) is 0. The van der Waals surface area contributed by atoms with Crippen molar-refractivity contribution < 1.29 is 27.1 Å². The SMILES string of the molecule is COc1ccc(C2=NN(CCCCBr)C(=O)CC2C)c2cc(C(F)(F)F)oc12. The number of rotatable bonds is 6. The van der Waals surface area contributed by atoms with Gasteiger partial charge in [-0.25, -0.2) is 5.01 Å². The van der Waals surface area contributed by atoms with Crippen molar-refractivity contribution in [3.63, 3.8) is 0 Å². The lowest BCUT2D eigenvalue weighted by Gasteiger charge is -2.28. The van der Waals surface area contributed by atoms with Gasteiger partial charge in [-0.3, -0.25) is 4.79 Å². The molecule has 1 aromatic heterocycles. The number of nitrogens with zero attached hydrogens (tertiary/aromatic N) is 2. The van der Waals surface area contributed by atoms with Gasteiger partial charge in [-0.15, -0.1) is 0 Å². The Morgan fingerprint density at radius 1 is 1.36 bits per heavy atom. The van der Waals surface area contributed by atoms with Crippen molar-refractivity contribution in [2.24, 2.45) is 11.0 Å². The molecule has 0 N–H and O–H groups in total. The van der Waals surface area contributed by atoms with Gasteiger partial charge in [0.15, 0.2) is 11.3 Å². The van der Waals surface area contributed by atoms with Crippen molar-refractivity contribution in [3.8, 4) is 5.75 Å². The van der Waals surface area contributed by atoms with E-state index in [1.54, 1.807) is 12.1 Å². The number of unbranched alkanes of at least 4 members (excludes halogenated alkanes) is 1. The predicted molar refractivity (Wildman–Crippen MR) is 103 cm³/mol. The summed E-state index contributed by atoms with van der Waals surface area (Å²) in [6.07, 6.45) is -2.68. The van der Waals surface area contributed by atoms with Crippen LogP contribution in [0, 0.1) is 5.92 Å². The minimum absolute atomic E-state index is 0.0185. The van der Waals surface area contributed by atoms with Crippen molar-refractivity contribution in [1.82, 2.24) is 5.01 Å². The quantitative estimate of drug-likeness (QED) is 0.439. The molecule has 1 atom stereocenters. The first-order valence-corrected chi connectivity index (χ1v) is 10.0. The lowest BCUT2D eigenvalue weighted by molar-refractivity contribution is -0.152. The summed E-state index contributed by atoms with van der Waals surface area (Å²) in [6, 6.07) is 4.19. The molecule has 152 valence electrons. The Morgan fingerprint density at radius 2 is 2.11 bits per heavy atom. The van der Waals surface area contributed by atoms with E-state index in [0.29, 0.717) is 17.8 Å². The molecule has 9 heteroatoms. The Bertz CT molecular complexity index is 908. The summed E-state index contributed by atoms with van der Waals surface area (Å²) in [7, 11) is 1.37. The average molecular weight is 461 g/mol. The first kappa shape index (κ1) is 20.7. The molecule has 1 aromatic carbocycles. The van der Waals surface area contributed by atoms with Gasteiger partial charge in [0.1, 0.15) is 0 Å². The fourth-order valence-electron chi connectivity index (χ4n) is 3.22. The molecule has 28 heavy (non-hydrogen) atoms. The molecule has 0 saturated heterocycles. The molecule has 0 aliphatic carbocycles. The monoisotopic (exact) mass is 460 g/mol. The minimum atomic E-state index is -4.61. The molecule has 0 spiro atoms. The zero-order valence-corrected chi connectivity index (χ0v) is 17.1. The summed E-state index contributed by atoms with van der Waals surface area (Å²) in [5.41, 5.74) is 1.10. The number of alkyl halides is 4. The van der Waals surface area contributed by atoms with Crippen LogP contribution in [0.4, 0.5) is 13.2 Å². The van der Waals surface area contributed by atoms with E-state index >= 15 is 0 Å². The van der Waals surface area contributed by atoms with Crippen molar-refractivity contribution in [2.75, 3.05) is 19.0 Å². The van der Waals surface area contributed by atoms with Gasteiger partial charge >= 0.3 is 6.18 Å². The molecule has 1 aliphatic rings. The number of hydrogen-bond acceptors (Lipinski definition) is 4. The molecule has 0 bridgehead atoms. The van der Waals surface area contributed by atoms with Crippen molar-refractivity contribution in [1.29, 1.82) is 0 Å². The third kappa shape index (κ3) is 4.04. The van der Waals surface area contributed by atoms with Crippen LogP contribution in [-0.2, 0) is 11.0 Å². The van der Waals surface area contributed by atoms with E-state index < -0.39 is 11.9 Å². The number of carbonyl (C=O) groups excluding carboxylic acids is 1. The first-order valence-electron chi connectivity index (χ1n) is 8.89. The van der Waals surface area contributed by atoms with Crippen LogP contribution in [0.25, 0.3) is 11.0 Å². The number of benzene rings is 1. The molecule has 2 heterocycles.